The molecule has 0 atom stereocenters. The summed E-state index contributed by atoms with van der Waals surface area (Å²) < 4.78 is 14.4. The third-order valence-electron chi connectivity index (χ3n) is 3.27. The van der Waals surface area contributed by atoms with E-state index in [1.54, 1.807) is 24.3 Å². The van der Waals surface area contributed by atoms with Crippen molar-refractivity contribution in [3.8, 4) is 5.75 Å². The van der Waals surface area contributed by atoms with Crippen molar-refractivity contribution in [1.29, 1.82) is 0 Å². The summed E-state index contributed by atoms with van der Waals surface area (Å²) in [6.07, 6.45) is 2.68. The average molecular weight is 375 g/mol. The van der Waals surface area contributed by atoms with Crippen LogP contribution in [-0.4, -0.2) is 32.1 Å². The Labute approximate surface area is 154 Å². The molecule has 0 unspecified atom stereocenters. The molecular weight excluding hydrogens is 360 g/mol. The van der Waals surface area contributed by atoms with Crippen molar-refractivity contribution < 1.29 is 28.6 Å². The van der Waals surface area contributed by atoms with Crippen molar-refractivity contribution in [2.75, 3.05) is 14.2 Å². The fraction of sp³-hybridized carbons (Fsp3) is 0.105. The van der Waals surface area contributed by atoms with Gasteiger partial charge >= 0.3 is 17.9 Å². The monoisotopic (exact) mass is 374 g/mol. The molecule has 2 aromatic carbocycles. The van der Waals surface area contributed by atoms with Crippen LogP contribution >= 0.6 is 11.6 Å². The Morgan fingerprint density at radius 1 is 0.923 bits per heavy atom. The van der Waals surface area contributed by atoms with E-state index in [4.69, 9.17) is 16.3 Å². The number of ether oxygens (including phenoxy) is 3. The van der Waals surface area contributed by atoms with Crippen LogP contribution in [0.1, 0.15) is 26.3 Å². The molecule has 7 heteroatoms. The normalized spacial score (nSPS) is 10.4. The lowest BCUT2D eigenvalue weighted by molar-refractivity contribution is -0.128. The lowest BCUT2D eigenvalue weighted by Crippen LogP contribution is -2.09. The van der Waals surface area contributed by atoms with Gasteiger partial charge in [0.05, 0.1) is 25.3 Å². The van der Waals surface area contributed by atoms with Gasteiger partial charge in [0.2, 0.25) is 0 Å². The zero-order valence-electron chi connectivity index (χ0n) is 14.0. The Morgan fingerprint density at radius 3 is 2.04 bits per heavy atom. The van der Waals surface area contributed by atoms with Crippen LogP contribution in [0, 0.1) is 0 Å². The molecule has 2 aromatic rings. The van der Waals surface area contributed by atoms with Crippen LogP contribution in [0.15, 0.2) is 48.5 Å². The summed E-state index contributed by atoms with van der Waals surface area (Å²) in [6.45, 7) is 0. The van der Waals surface area contributed by atoms with E-state index in [0.717, 1.165) is 0 Å². The van der Waals surface area contributed by atoms with Gasteiger partial charge in [-0.25, -0.2) is 14.4 Å². The third-order valence-corrected chi connectivity index (χ3v) is 3.62. The molecule has 26 heavy (non-hydrogen) atoms. The smallest absolute Gasteiger partial charge is 0.338 e. The number of halogens is 1. The van der Waals surface area contributed by atoms with Gasteiger partial charge in [-0.15, -0.1) is 0 Å². The number of carbonyl (C=O) groups is 3. The van der Waals surface area contributed by atoms with E-state index >= 15 is 0 Å². The molecule has 0 amide bonds. The topological polar surface area (TPSA) is 78.9 Å². The van der Waals surface area contributed by atoms with Gasteiger partial charge in [-0.1, -0.05) is 29.8 Å². The van der Waals surface area contributed by atoms with Gasteiger partial charge in [0.1, 0.15) is 5.75 Å². The maximum atomic E-state index is 12.0. The maximum absolute atomic E-state index is 12.0. The minimum atomic E-state index is -0.706. The van der Waals surface area contributed by atoms with Crippen LogP contribution in [-0.2, 0) is 14.3 Å². The summed E-state index contributed by atoms with van der Waals surface area (Å²) in [5.74, 6) is -2.07. The molecule has 0 fully saturated rings. The second-order valence-corrected chi connectivity index (χ2v) is 5.41. The van der Waals surface area contributed by atoms with Crippen LogP contribution in [0.25, 0.3) is 6.08 Å². The van der Waals surface area contributed by atoms with Crippen molar-refractivity contribution in [2.24, 2.45) is 0 Å². The number of hydrogen-bond donors (Lipinski definition) is 0. The van der Waals surface area contributed by atoms with Gasteiger partial charge in [-0.2, -0.15) is 0 Å². The summed E-state index contributed by atoms with van der Waals surface area (Å²) in [5.41, 5.74) is 0.742. The number of carbonyl (C=O) groups excluding carboxylic acids is 3. The summed E-state index contributed by atoms with van der Waals surface area (Å²) >= 11 is 6.00. The van der Waals surface area contributed by atoms with Crippen LogP contribution in [0.3, 0.4) is 0 Å². The van der Waals surface area contributed by atoms with Crippen molar-refractivity contribution in [1.82, 2.24) is 0 Å². The van der Waals surface area contributed by atoms with E-state index in [1.165, 1.54) is 44.6 Å². The number of esters is 3. The molecule has 134 valence electrons. The Kier molecular flexibility index (Phi) is 6.52. The minimum Gasteiger partial charge on any atom is -0.465 e. The summed E-state index contributed by atoms with van der Waals surface area (Å²) in [7, 11) is 2.40. The molecule has 0 saturated heterocycles. The van der Waals surface area contributed by atoms with E-state index in [-0.39, 0.29) is 16.9 Å². The average Bonchev–Trinajstić information content (AvgIpc) is 2.65. The number of hydrogen-bond acceptors (Lipinski definition) is 6. The molecule has 0 bridgehead atoms. The molecule has 0 saturated carbocycles. The molecular formula is C19H15ClO6. The molecule has 0 spiro atoms. The lowest BCUT2D eigenvalue weighted by atomic mass is 10.1. The Bertz CT molecular complexity index is 838. The molecule has 2 rings (SSSR count). The third kappa shape index (κ3) is 4.94. The second kappa shape index (κ2) is 8.82. The largest absolute Gasteiger partial charge is 0.465 e. The maximum Gasteiger partial charge on any atom is 0.338 e. The SMILES string of the molecule is COC(=O)c1cc(OC(=O)C=Cc2ccccc2Cl)cc(C(=O)OC)c1. The summed E-state index contributed by atoms with van der Waals surface area (Å²) in [4.78, 5) is 35.5. The molecule has 0 heterocycles. The highest BCUT2D eigenvalue weighted by atomic mass is 35.5. The zero-order valence-corrected chi connectivity index (χ0v) is 14.8. The highest BCUT2D eigenvalue weighted by Gasteiger charge is 2.15. The van der Waals surface area contributed by atoms with E-state index in [2.05, 4.69) is 9.47 Å². The molecule has 0 aliphatic rings. The van der Waals surface area contributed by atoms with Crippen LogP contribution in [0.4, 0.5) is 0 Å². The number of benzene rings is 2. The Morgan fingerprint density at radius 2 is 1.50 bits per heavy atom. The van der Waals surface area contributed by atoms with Gasteiger partial charge < -0.3 is 14.2 Å². The van der Waals surface area contributed by atoms with E-state index in [1.807, 2.05) is 0 Å². The quantitative estimate of drug-likeness (QED) is 0.452. The Hall–Kier alpha value is -3.12. The van der Waals surface area contributed by atoms with Gasteiger partial charge in [-0.3, -0.25) is 0 Å². The van der Waals surface area contributed by atoms with Crippen molar-refractivity contribution >= 4 is 35.6 Å². The van der Waals surface area contributed by atoms with Gasteiger partial charge in [0.15, 0.2) is 0 Å². The first kappa shape index (κ1) is 19.2. The molecule has 6 nitrogen and oxygen atoms in total. The molecule has 0 N–H and O–H groups in total. The van der Waals surface area contributed by atoms with Gasteiger partial charge in [-0.05, 0) is 35.9 Å². The molecule has 0 radical (unpaired) electrons. The summed E-state index contributed by atoms with van der Waals surface area (Å²) in [5, 5.41) is 0.484. The highest BCUT2D eigenvalue weighted by Crippen LogP contribution is 2.20. The van der Waals surface area contributed by atoms with Crippen molar-refractivity contribution in [3.05, 3.63) is 70.3 Å². The molecule has 0 aromatic heterocycles. The second-order valence-electron chi connectivity index (χ2n) is 5.01. The lowest BCUT2D eigenvalue weighted by Gasteiger charge is -2.07. The van der Waals surface area contributed by atoms with Crippen molar-refractivity contribution in [3.63, 3.8) is 0 Å². The minimum absolute atomic E-state index is 0.00195. The van der Waals surface area contributed by atoms with Crippen LogP contribution in [0.5, 0.6) is 5.75 Å². The van der Waals surface area contributed by atoms with Gasteiger partial charge in [0.25, 0.3) is 0 Å². The predicted octanol–water partition coefficient (Wildman–Crippen LogP) is 3.53. The molecule has 0 aliphatic heterocycles. The van der Waals surface area contributed by atoms with E-state index < -0.39 is 17.9 Å². The predicted molar refractivity (Wildman–Crippen MR) is 95.2 cm³/mol. The van der Waals surface area contributed by atoms with Crippen molar-refractivity contribution in [2.45, 2.75) is 0 Å². The summed E-state index contributed by atoms with van der Waals surface area (Å²) in [6, 6.07) is 10.8. The fourth-order valence-corrected chi connectivity index (χ4v) is 2.25. The standard InChI is InChI=1S/C19H15ClO6/c1-24-18(22)13-9-14(19(23)25-2)11-15(10-13)26-17(21)8-7-12-5-3-4-6-16(12)20/h3-11H,1-2H3. The number of methoxy groups -OCH3 is 2. The first-order valence-corrected chi connectivity index (χ1v) is 7.78. The fourth-order valence-electron chi connectivity index (χ4n) is 2.05. The van der Waals surface area contributed by atoms with E-state index in [0.29, 0.717) is 10.6 Å². The first-order valence-electron chi connectivity index (χ1n) is 7.40. The van der Waals surface area contributed by atoms with Crippen LogP contribution in [0.2, 0.25) is 5.02 Å². The Balaban J connectivity index is 2.24. The molecule has 0 aliphatic carbocycles. The number of rotatable bonds is 5. The zero-order chi connectivity index (χ0) is 19.1. The van der Waals surface area contributed by atoms with E-state index in [9.17, 15) is 14.4 Å². The van der Waals surface area contributed by atoms with Crippen LogP contribution < -0.4 is 4.74 Å². The van der Waals surface area contributed by atoms with Gasteiger partial charge in [0, 0.05) is 11.1 Å². The highest BCUT2D eigenvalue weighted by molar-refractivity contribution is 6.32. The first-order chi connectivity index (χ1) is 12.4.